The lowest BCUT2D eigenvalue weighted by atomic mass is 9.81. The number of nitrogens with one attached hydrogen (secondary N) is 1. The summed E-state index contributed by atoms with van der Waals surface area (Å²) in [6.45, 7) is 0.482. The Kier molecular flexibility index (Phi) is 4.50. The Morgan fingerprint density at radius 2 is 1.65 bits per heavy atom. The van der Waals surface area contributed by atoms with Gasteiger partial charge in [0.05, 0.1) is 5.92 Å². The first-order valence-electron chi connectivity index (χ1n) is 6.62. The van der Waals surface area contributed by atoms with E-state index >= 15 is 0 Å². The molecule has 1 aliphatic rings. The summed E-state index contributed by atoms with van der Waals surface area (Å²) in [6.07, 6.45) is -2.80. The van der Waals surface area contributed by atoms with Crippen LogP contribution in [0.4, 0.5) is 27.6 Å². The fraction of sp³-hybridized carbons (Fsp3) is 0.571. The van der Waals surface area contributed by atoms with Crippen molar-refractivity contribution in [1.29, 1.82) is 0 Å². The molecule has 0 unspecified atom stereocenters. The topological polar surface area (TPSA) is 12.0 Å². The number of alkyl halides is 3. The molecular weight excluding hydrogens is 277 g/mol. The predicted octanol–water partition coefficient (Wildman–Crippen LogP) is 4.75. The van der Waals surface area contributed by atoms with Crippen LogP contribution in [0.2, 0.25) is 0 Å². The molecule has 0 amide bonds. The zero-order chi connectivity index (χ0) is 14.8. The largest absolute Gasteiger partial charge is 0.391 e. The van der Waals surface area contributed by atoms with Gasteiger partial charge in [-0.15, -0.1) is 0 Å². The molecule has 0 heterocycles. The Hall–Kier alpha value is -1.33. The summed E-state index contributed by atoms with van der Waals surface area (Å²) in [7, 11) is 0. The van der Waals surface area contributed by atoms with Crippen molar-refractivity contribution in [2.75, 3.05) is 11.9 Å². The minimum atomic E-state index is -4.10. The molecule has 0 radical (unpaired) electrons. The molecule has 6 heteroatoms. The Morgan fingerprint density at radius 1 is 1.00 bits per heavy atom. The van der Waals surface area contributed by atoms with E-state index < -0.39 is 23.7 Å². The maximum absolute atomic E-state index is 13.0. The van der Waals surface area contributed by atoms with Crippen LogP contribution in [0.25, 0.3) is 0 Å². The van der Waals surface area contributed by atoms with Gasteiger partial charge < -0.3 is 5.32 Å². The van der Waals surface area contributed by atoms with E-state index in [-0.39, 0.29) is 18.8 Å². The summed E-state index contributed by atoms with van der Waals surface area (Å²) in [5, 5.41) is 2.95. The third-order valence-corrected chi connectivity index (χ3v) is 3.82. The van der Waals surface area contributed by atoms with E-state index in [0.29, 0.717) is 25.1 Å². The van der Waals surface area contributed by atoms with Crippen molar-refractivity contribution in [3.05, 3.63) is 29.8 Å². The van der Waals surface area contributed by atoms with Crippen LogP contribution in [-0.2, 0) is 0 Å². The van der Waals surface area contributed by atoms with E-state index in [1.807, 2.05) is 0 Å². The lowest BCUT2D eigenvalue weighted by Crippen LogP contribution is -2.29. The lowest BCUT2D eigenvalue weighted by Gasteiger charge is -2.30. The number of hydrogen-bond acceptors (Lipinski definition) is 1. The summed E-state index contributed by atoms with van der Waals surface area (Å²) in [5.41, 5.74) is 0.446. The molecule has 112 valence electrons. The van der Waals surface area contributed by atoms with Gasteiger partial charge in [0.25, 0.3) is 0 Å². The minimum Gasteiger partial charge on any atom is -0.385 e. The second-order valence-electron chi connectivity index (χ2n) is 5.27. The van der Waals surface area contributed by atoms with E-state index in [1.54, 1.807) is 0 Å². The predicted molar refractivity (Wildman–Crippen MR) is 66.4 cm³/mol. The van der Waals surface area contributed by atoms with Crippen molar-refractivity contribution in [1.82, 2.24) is 0 Å². The third-order valence-electron chi connectivity index (χ3n) is 3.82. The molecule has 20 heavy (non-hydrogen) atoms. The third kappa shape index (κ3) is 3.84. The highest BCUT2D eigenvalue weighted by atomic mass is 19.4. The van der Waals surface area contributed by atoms with E-state index in [1.165, 1.54) is 6.07 Å². The maximum Gasteiger partial charge on any atom is 0.391 e. The van der Waals surface area contributed by atoms with Gasteiger partial charge in [0.15, 0.2) is 11.6 Å². The molecule has 1 saturated carbocycles. The molecule has 0 spiro atoms. The molecule has 1 aromatic rings. The molecule has 0 atom stereocenters. The molecule has 1 aromatic carbocycles. The van der Waals surface area contributed by atoms with Gasteiger partial charge in [0, 0.05) is 12.2 Å². The first-order valence-corrected chi connectivity index (χ1v) is 6.62. The second-order valence-corrected chi connectivity index (χ2v) is 5.27. The van der Waals surface area contributed by atoms with E-state index in [2.05, 4.69) is 5.32 Å². The molecule has 0 saturated heterocycles. The van der Waals surface area contributed by atoms with Gasteiger partial charge in [-0.3, -0.25) is 0 Å². The van der Waals surface area contributed by atoms with Crippen LogP contribution in [-0.4, -0.2) is 12.7 Å². The first-order chi connectivity index (χ1) is 9.36. The monoisotopic (exact) mass is 293 g/mol. The summed E-state index contributed by atoms with van der Waals surface area (Å²) in [6, 6.07) is 3.49. The Bertz CT molecular complexity index is 449. The Balaban J connectivity index is 1.80. The van der Waals surface area contributed by atoms with Crippen molar-refractivity contribution in [2.24, 2.45) is 11.8 Å². The first kappa shape index (κ1) is 15.1. The SMILES string of the molecule is Fc1ccc(NCC2CCC(C(F)(F)F)CC2)cc1F. The summed E-state index contributed by atoms with van der Waals surface area (Å²) < 4.78 is 63.3. The second kappa shape index (κ2) is 5.97. The molecule has 0 bridgehead atoms. The van der Waals surface area contributed by atoms with Crippen LogP contribution >= 0.6 is 0 Å². The molecule has 1 N–H and O–H groups in total. The highest BCUT2D eigenvalue weighted by Crippen LogP contribution is 2.39. The number of anilines is 1. The van der Waals surface area contributed by atoms with Gasteiger partial charge in [-0.25, -0.2) is 8.78 Å². The van der Waals surface area contributed by atoms with Crippen LogP contribution in [0.15, 0.2) is 18.2 Å². The van der Waals surface area contributed by atoms with Crippen LogP contribution in [0, 0.1) is 23.5 Å². The van der Waals surface area contributed by atoms with Crippen molar-refractivity contribution in [3.63, 3.8) is 0 Å². The Morgan fingerprint density at radius 3 is 2.20 bits per heavy atom. The normalized spacial score (nSPS) is 23.6. The zero-order valence-electron chi connectivity index (χ0n) is 10.8. The van der Waals surface area contributed by atoms with Crippen molar-refractivity contribution in [3.8, 4) is 0 Å². The maximum atomic E-state index is 13.0. The van der Waals surface area contributed by atoms with Gasteiger partial charge in [0.2, 0.25) is 0 Å². The molecule has 2 rings (SSSR count). The van der Waals surface area contributed by atoms with Gasteiger partial charge >= 0.3 is 6.18 Å². The minimum absolute atomic E-state index is 0.140. The highest BCUT2D eigenvalue weighted by molar-refractivity contribution is 5.43. The van der Waals surface area contributed by atoms with Gasteiger partial charge in [-0.05, 0) is 49.8 Å². The number of hydrogen-bond donors (Lipinski definition) is 1. The average molecular weight is 293 g/mol. The Labute approximate surface area is 114 Å². The number of halogens is 5. The lowest BCUT2D eigenvalue weighted by molar-refractivity contribution is -0.183. The van der Waals surface area contributed by atoms with Crippen LogP contribution < -0.4 is 5.32 Å². The number of rotatable bonds is 3. The van der Waals surface area contributed by atoms with Gasteiger partial charge in [-0.1, -0.05) is 0 Å². The van der Waals surface area contributed by atoms with E-state index in [9.17, 15) is 22.0 Å². The molecule has 1 aliphatic carbocycles. The number of benzene rings is 1. The zero-order valence-corrected chi connectivity index (χ0v) is 10.8. The fourth-order valence-corrected chi connectivity index (χ4v) is 2.56. The quantitative estimate of drug-likeness (QED) is 0.793. The summed E-state index contributed by atoms with van der Waals surface area (Å²) in [5.74, 6) is -2.90. The molecule has 1 fully saturated rings. The van der Waals surface area contributed by atoms with Gasteiger partial charge in [0.1, 0.15) is 0 Å². The van der Waals surface area contributed by atoms with Gasteiger partial charge in [-0.2, -0.15) is 13.2 Å². The van der Waals surface area contributed by atoms with Crippen molar-refractivity contribution >= 4 is 5.69 Å². The van der Waals surface area contributed by atoms with Crippen LogP contribution in [0.3, 0.4) is 0 Å². The van der Waals surface area contributed by atoms with Crippen LogP contribution in [0.1, 0.15) is 25.7 Å². The van der Waals surface area contributed by atoms with Crippen LogP contribution in [0.5, 0.6) is 0 Å². The molecule has 0 aromatic heterocycles. The summed E-state index contributed by atoms with van der Waals surface area (Å²) in [4.78, 5) is 0. The molecular formula is C14H16F5N. The molecule has 0 aliphatic heterocycles. The summed E-state index contributed by atoms with van der Waals surface area (Å²) >= 11 is 0. The van der Waals surface area contributed by atoms with E-state index in [0.717, 1.165) is 12.1 Å². The van der Waals surface area contributed by atoms with Crippen molar-refractivity contribution in [2.45, 2.75) is 31.9 Å². The molecule has 1 nitrogen and oxygen atoms in total. The van der Waals surface area contributed by atoms with Crippen molar-refractivity contribution < 1.29 is 22.0 Å². The van der Waals surface area contributed by atoms with E-state index in [4.69, 9.17) is 0 Å². The highest BCUT2D eigenvalue weighted by Gasteiger charge is 2.41. The fourth-order valence-electron chi connectivity index (χ4n) is 2.56. The smallest absolute Gasteiger partial charge is 0.385 e. The average Bonchev–Trinajstić information content (AvgIpc) is 2.40. The standard InChI is InChI=1S/C14H16F5N/c15-12-6-5-11(7-13(12)16)20-8-9-1-3-10(4-2-9)14(17,18)19/h5-7,9-10,20H,1-4,8H2.